The molecule has 2 aromatic carbocycles. The highest BCUT2D eigenvalue weighted by atomic mass is 16.2. The number of likely N-dealkylation sites (tertiary alicyclic amines) is 1. The van der Waals surface area contributed by atoms with Gasteiger partial charge in [-0.15, -0.1) is 0 Å². The summed E-state index contributed by atoms with van der Waals surface area (Å²) >= 11 is 0. The van der Waals surface area contributed by atoms with Crippen LogP contribution in [0.4, 0.5) is 10.5 Å². The first-order valence-electron chi connectivity index (χ1n) is 9.56. The van der Waals surface area contributed by atoms with Crippen LogP contribution in [0.15, 0.2) is 54.6 Å². The van der Waals surface area contributed by atoms with Crippen LogP contribution < -0.4 is 10.6 Å². The van der Waals surface area contributed by atoms with Gasteiger partial charge in [-0.1, -0.05) is 18.2 Å². The van der Waals surface area contributed by atoms with Gasteiger partial charge in [0.05, 0.1) is 6.04 Å². The summed E-state index contributed by atoms with van der Waals surface area (Å²) in [6.45, 7) is 2.22. The Balaban J connectivity index is 1.39. The summed E-state index contributed by atoms with van der Waals surface area (Å²) in [5.74, 6) is 0.307. The van der Waals surface area contributed by atoms with Crippen molar-refractivity contribution in [2.24, 2.45) is 5.92 Å². The second-order valence-electron chi connectivity index (χ2n) is 7.57. The van der Waals surface area contributed by atoms with Crippen molar-refractivity contribution in [2.75, 3.05) is 11.9 Å². The third kappa shape index (κ3) is 3.63. The summed E-state index contributed by atoms with van der Waals surface area (Å²) in [6, 6.07) is 15.8. The van der Waals surface area contributed by atoms with E-state index in [1.807, 2.05) is 23.1 Å². The summed E-state index contributed by atoms with van der Waals surface area (Å²) in [5, 5.41) is 6.00. The molecule has 0 spiro atoms. The minimum atomic E-state index is -0.165. The molecular formula is C22H23N3O3. The van der Waals surface area contributed by atoms with Gasteiger partial charge in [0.1, 0.15) is 0 Å². The number of hydrogen-bond acceptors (Lipinski definition) is 3. The fourth-order valence-corrected chi connectivity index (χ4v) is 4.24. The lowest BCUT2D eigenvalue weighted by Crippen LogP contribution is -2.53. The highest BCUT2D eigenvalue weighted by Crippen LogP contribution is 2.38. The molecule has 2 fully saturated rings. The van der Waals surface area contributed by atoms with Crippen molar-refractivity contribution in [3.8, 4) is 0 Å². The van der Waals surface area contributed by atoms with Crippen molar-refractivity contribution in [1.82, 2.24) is 10.2 Å². The van der Waals surface area contributed by atoms with E-state index in [0.717, 1.165) is 12.8 Å². The number of benzene rings is 2. The molecule has 6 nitrogen and oxygen atoms in total. The van der Waals surface area contributed by atoms with Crippen LogP contribution in [0.2, 0.25) is 0 Å². The Morgan fingerprint density at radius 2 is 1.64 bits per heavy atom. The van der Waals surface area contributed by atoms with Gasteiger partial charge in [-0.05, 0) is 62.1 Å². The Bertz CT molecular complexity index is 895. The first kappa shape index (κ1) is 18.2. The van der Waals surface area contributed by atoms with Crippen molar-refractivity contribution >= 4 is 23.4 Å². The maximum absolute atomic E-state index is 12.8. The maximum atomic E-state index is 12.8. The SMILES string of the molecule is CC(=O)c1ccc(NC(=O)N2C[C@@H]3C[C@H](NC(=O)c4ccccc4)[C@H]2C3)cc1. The quantitative estimate of drug-likeness (QED) is 0.803. The van der Waals surface area contributed by atoms with E-state index in [4.69, 9.17) is 0 Å². The molecule has 2 aliphatic rings. The first-order chi connectivity index (χ1) is 13.5. The molecule has 4 rings (SSSR count). The molecule has 28 heavy (non-hydrogen) atoms. The fraction of sp³-hybridized carbons (Fsp3) is 0.318. The minimum absolute atomic E-state index is 0.00766. The summed E-state index contributed by atoms with van der Waals surface area (Å²) in [4.78, 5) is 38.4. The maximum Gasteiger partial charge on any atom is 0.322 e. The van der Waals surface area contributed by atoms with E-state index in [1.165, 1.54) is 6.92 Å². The van der Waals surface area contributed by atoms with E-state index in [9.17, 15) is 14.4 Å². The summed E-state index contributed by atoms with van der Waals surface area (Å²) in [6.07, 6.45) is 1.82. The smallest absolute Gasteiger partial charge is 0.322 e. The predicted molar refractivity (Wildman–Crippen MR) is 106 cm³/mol. The molecule has 1 aliphatic carbocycles. The Morgan fingerprint density at radius 1 is 0.929 bits per heavy atom. The fourth-order valence-electron chi connectivity index (χ4n) is 4.24. The minimum Gasteiger partial charge on any atom is -0.347 e. The number of rotatable bonds is 4. The Kier molecular flexibility index (Phi) is 4.86. The number of Topliss-reactive ketones (excluding diaryl/α,β-unsaturated/α-hetero) is 1. The monoisotopic (exact) mass is 377 g/mol. The number of amides is 3. The van der Waals surface area contributed by atoms with Crippen LogP contribution in [0.5, 0.6) is 0 Å². The summed E-state index contributed by atoms with van der Waals surface area (Å²) in [5.41, 5.74) is 1.90. The molecule has 2 aromatic rings. The molecule has 144 valence electrons. The predicted octanol–water partition coefficient (Wildman–Crippen LogP) is 3.31. The highest BCUT2D eigenvalue weighted by molar-refractivity contribution is 5.96. The zero-order valence-electron chi connectivity index (χ0n) is 15.7. The number of piperidine rings is 1. The van der Waals surface area contributed by atoms with Crippen LogP contribution in [-0.4, -0.2) is 41.2 Å². The van der Waals surface area contributed by atoms with Crippen molar-refractivity contribution < 1.29 is 14.4 Å². The number of nitrogens with zero attached hydrogens (tertiary/aromatic N) is 1. The van der Waals surface area contributed by atoms with E-state index in [1.54, 1.807) is 36.4 Å². The van der Waals surface area contributed by atoms with Gasteiger partial charge >= 0.3 is 6.03 Å². The Hall–Kier alpha value is -3.15. The van der Waals surface area contributed by atoms with E-state index in [0.29, 0.717) is 29.3 Å². The van der Waals surface area contributed by atoms with Crippen molar-refractivity contribution in [2.45, 2.75) is 31.8 Å². The molecule has 1 saturated carbocycles. The Morgan fingerprint density at radius 3 is 2.29 bits per heavy atom. The van der Waals surface area contributed by atoms with E-state index < -0.39 is 0 Å². The molecule has 0 aromatic heterocycles. The number of anilines is 1. The lowest BCUT2D eigenvalue weighted by atomic mass is 10.1. The van der Waals surface area contributed by atoms with Crippen LogP contribution in [0.3, 0.4) is 0 Å². The molecule has 1 heterocycles. The van der Waals surface area contributed by atoms with Crippen LogP contribution in [0.25, 0.3) is 0 Å². The molecule has 2 bridgehead atoms. The largest absolute Gasteiger partial charge is 0.347 e. The molecule has 0 radical (unpaired) electrons. The van der Waals surface area contributed by atoms with Crippen LogP contribution in [0, 0.1) is 5.92 Å². The topological polar surface area (TPSA) is 78.5 Å². The third-order valence-corrected chi connectivity index (χ3v) is 5.64. The van der Waals surface area contributed by atoms with Crippen LogP contribution in [0.1, 0.15) is 40.5 Å². The number of fused-ring (bicyclic) bond motifs is 2. The van der Waals surface area contributed by atoms with Gasteiger partial charge in [0.15, 0.2) is 5.78 Å². The van der Waals surface area contributed by atoms with E-state index >= 15 is 0 Å². The van der Waals surface area contributed by atoms with Gasteiger partial charge in [0.25, 0.3) is 5.91 Å². The molecule has 0 unspecified atom stereocenters. The van der Waals surface area contributed by atoms with Gasteiger partial charge in [-0.25, -0.2) is 4.79 Å². The Labute approximate surface area is 163 Å². The van der Waals surface area contributed by atoms with Gasteiger partial charge in [-0.3, -0.25) is 9.59 Å². The van der Waals surface area contributed by atoms with E-state index in [-0.39, 0.29) is 29.8 Å². The molecule has 2 N–H and O–H groups in total. The molecule has 1 aliphatic heterocycles. The number of carbonyl (C=O) groups excluding carboxylic acids is 3. The summed E-state index contributed by atoms with van der Waals surface area (Å²) in [7, 11) is 0. The number of urea groups is 1. The molecule has 3 atom stereocenters. The number of ketones is 1. The highest BCUT2D eigenvalue weighted by Gasteiger charge is 2.47. The second-order valence-corrected chi connectivity index (χ2v) is 7.57. The normalized spacial score (nSPS) is 22.8. The van der Waals surface area contributed by atoms with Crippen LogP contribution in [-0.2, 0) is 0 Å². The zero-order valence-corrected chi connectivity index (χ0v) is 15.7. The number of carbonyl (C=O) groups is 3. The van der Waals surface area contributed by atoms with Gasteiger partial charge < -0.3 is 15.5 Å². The van der Waals surface area contributed by atoms with Gasteiger partial charge in [0.2, 0.25) is 0 Å². The van der Waals surface area contributed by atoms with Crippen molar-refractivity contribution in [3.05, 3.63) is 65.7 Å². The van der Waals surface area contributed by atoms with Crippen molar-refractivity contribution in [1.29, 1.82) is 0 Å². The van der Waals surface area contributed by atoms with E-state index in [2.05, 4.69) is 10.6 Å². The number of hydrogen-bond donors (Lipinski definition) is 2. The van der Waals surface area contributed by atoms with Crippen LogP contribution >= 0.6 is 0 Å². The summed E-state index contributed by atoms with van der Waals surface area (Å²) < 4.78 is 0. The second kappa shape index (κ2) is 7.46. The standard InChI is InChI=1S/C22H23N3O3/c1-14(26)16-7-9-18(10-8-16)23-22(28)25-13-15-11-19(20(25)12-15)24-21(27)17-5-3-2-4-6-17/h2-10,15,19-20H,11-13H2,1H3,(H,23,28)(H,24,27)/t15-,19+,20-/m1/s1. The lowest BCUT2D eigenvalue weighted by molar-refractivity contribution is 0.0905. The number of nitrogens with one attached hydrogen (secondary N) is 2. The zero-order chi connectivity index (χ0) is 19.7. The lowest BCUT2D eigenvalue weighted by Gasteiger charge is -2.33. The van der Waals surface area contributed by atoms with Crippen molar-refractivity contribution in [3.63, 3.8) is 0 Å². The first-order valence-corrected chi connectivity index (χ1v) is 9.56. The average Bonchev–Trinajstić information content (AvgIpc) is 3.29. The molecule has 6 heteroatoms. The molecule has 1 saturated heterocycles. The average molecular weight is 377 g/mol. The van der Waals surface area contributed by atoms with Gasteiger partial charge in [0, 0.05) is 29.4 Å². The molecular weight excluding hydrogens is 354 g/mol. The third-order valence-electron chi connectivity index (χ3n) is 5.64. The molecule has 3 amide bonds. The van der Waals surface area contributed by atoms with Gasteiger partial charge in [-0.2, -0.15) is 0 Å².